The third kappa shape index (κ3) is 3.75. The van der Waals surface area contributed by atoms with Crippen LogP contribution < -0.4 is 11.0 Å². The van der Waals surface area contributed by atoms with E-state index in [9.17, 15) is 9.59 Å². The normalized spacial score (nSPS) is 11.1. The molecule has 8 heteroatoms. The van der Waals surface area contributed by atoms with Gasteiger partial charge >= 0.3 is 5.69 Å². The van der Waals surface area contributed by atoms with Crippen LogP contribution in [0.2, 0.25) is 0 Å². The summed E-state index contributed by atoms with van der Waals surface area (Å²) >= 11 is 1.35. The van der Waals surface area contributed by atoms with Crippen molar-refractivity contribution < 1.29 is 4.79 Å². The fourth-order valence-electron chi connectivity index (χ4n) is 2.50. The molecule has 0 aliphatic heterocycles. The maximum absolute atomic E-state index is 12.2. The Hall–Kier alpha value is -2.74. The number of aromatic nitrogens is 4. The third-order valence-electron chi connectivity index (χ3n) is 4.18. The van der Waals surface area contributed by atoms with Crippen LogP contribution in [0.15, 0.2) is 34.4 Å². The van der Waals surface area contributed by atoms with E-state index in [0.717, 1.165) is 15.9 Å². The first-order valence-electron chi connectivity index (χ1n) is 8.31. The second-order valence-corrected chi connectivity index (χ2v) is 7.27. The van der Waals surface area contributed by atoms with Gasteiger partial charge in [-0.05, 0) is 18.4 Å². The monoisotopic (exact) mass is 371 g/mol. The van der Waals surface area contributed by atoms with E-state index in [1.807, 2.05) is 17.5 Å². The van der Waals surface area contributed by atoms with Gasteiger partial charge in [0.1, 0.15) is 12.4 Å². The molecule has 2 aromatic heterocycles. The predicted octanol–water partition coefficient (Wildman–Crippen LogP) is 2.78. The fraction of sp³-hybridized carbons (Fsp3) is 0.333. The lowest BCUT2D eigenvalue weighted by atomic mass is 10.0. The van der Waals surface area contributed by atoms with Crippen molar-refractivity contribution in [3.63, 3.8) is 0 Å². The number of rotatable bonds is 5. The van der Waals surface area contributed by atoms with Gasteiger partial charge in [-0.25, -0.2) is 14.5 Å². The van der Waals surface area contributed by atoms with Crippen molar-refractivity contribution in [1.29, 1.82) is 0 Å². The molecular formula is C18H21N5O2S. The molecule has 0 saturated carbocycles. The standard InChI is InChI=1S/C18H21N5O2S/c1-11(2)13-5-7-14(8-6-13)15-10-26-17(19-15)20-16(24)9-23-18(25)22(4)12(3)21-23/h5-8,10-11H,9H2,1-4H3,(H,19,20,24). The van der Waals surface area contributed by atoms with Crippen LogP contribution in [0.25, 0.3) is 11.3 Å². The Bertz CT molecular complexity index is 982. The topological polar surface area (TPSA) is 81.8 Å². The molecule has 1 amide bonds. The largest absolute Gasteiger partial charge is 0.346 e. The lowest BCUT2D eigenvalue weighted by Gasteiger charge is -2.05. The molecule has 0 unspecified atom stereocenters. The van der Waals surface area contributed by atoms with Crippen molar-refractivity contribution in [2.24, 2.45) is 7.05 Å². The van der Waals surface area contributed by atoms with Crippen molar-refractivity contribution >= 4 is 22.4 Å². The van der Waals surface area contributed by atoms with Gasteiger partial charge in [-0.15, -0.1) is 11.3 Å². The summed E-state index contributed by atoms with van der Waals surface area (Å²) in [5, 5.41) is 9.18. The zero-order chi connectivity index (χ0) is 18.8. The first-order valence-corrected chi connectivity index (χ1v) is 9.19. The maximum atomic E-state index is 12.2. The Kier molecular flexibility index (Phi) is 5.03. The van der Waals surface area contributed by atoms with Crippen LogP contribution in [0.3, 0.4) is 0 Å². The number of carbonyl (C=O) groups is 1. The highest BCUT2D eigenvalue weighted by atomic mass is 32.1. The zero-order valence-electron chi connectivity index (χ0n) is 15.2. The van der Waals surface area contributed by atoms with Crippen molar-refractivity contribution in [3.8, 4) is 11.3 Å². The van der Waals surface area contributed by atoms with Gasteiger partial charge in [-0.2, -0.15) is 5.10 Å². The quantitative estimate of drug-likeness (QED) is 0.748. The van der Waals surface area contributed by atoms with E-state index in [1.165, 1.54) is 21.5 Å². The molecule has 3 aromatic rings. The van der Waals surface area contributed by atoms with Crippen molar-refractivity contribution in [2.45, 2.75) is 33.2 Å². The number of amides is 1. The van der Waals surface area contributed by atoms with Gasteiger partial charge in [0, 0.05) is 18.0 Å². The molecule has 0 atom stereocenters. The van der Waals surface area contributed by atoms with Gasteiger partial charge in [0.2, 0.25) is 5.91 Å². The number of carbonyl (C=O) groups excluding carboxylic acids is 1. The summed E-state index contributed by atoms with van der Waals surface area (Å²) in [7, 11) is 1.62. The average molecular weight is 371 g/mol. The summed E-state index contributed by atoms with van der Waals surface area (Å²) in [4.78, 5) is 28.5. The van der Waals surface area contributed by atoms with E-state index in [1.54, 1.807) is 14.0 Å². The molecule has 0 saturated heterocycles. The average Bonchev–Trinajstić information content (AvgIpc) is 3.16. The highest BCUT2D eigenvalue weighted by molar-refractivity contribution is 7.14. The summed E-state index contributed by atoms with van der Waals surface area (Å²) in [6.45, 7) is 5.88. The molecular weight excluding hydrogens is 350 g/mol. The van der Waals surface area contributed by atoms with Crippen LogP contribution >= 0.6 is 11.3 Å². The lowest BCUT2D eigenvalue weighted by Crippen LogP contribution is -2.29. The first-order chi connectivity index (χ1) is 12.3. The summed E-state index contributed by atoms with van der Waals surface area (Å²) in [5.41, 5.74) is 2.77. The molecule has 0 fully saturated rings. The smallest absolute Gasteiger partial charge is 0.300 e. The molecule has 3 rings (SSSR count). The van der Waals surface area contributed by atoms with E-state index < -0.39 is 0 Å². The number of nitrogens with one attached hydrogen (secondary N) is 1. The van der Waals surface area contributed by atoms with Crippen molar-refractivity contribution in [1.82, 2.24) is 19.3 Å². The first kappa shape index (κ1) is 18.1. The predicted molar refractivity (Wildman–Crippen MR) is 102 cm³/mol. The van der Waals surface area contributed by atoms with Gasteiger partial charge in [0.05, 0.1) is 5.69 Å². The highest BCUT2D eigenvalue weighted by Crippen LogP contribution is 2.26. The molecule has 26 heavy (non-hydrogen) atoms. The summed E-state index contributed by atoms with van der Waals surface area (Å²) in [6, 6.07) is 8.25. The summed E-state index contributed by atoms with van der Waals surface area (Å²) in [6.07, 6.45) is 0. The molecule has 1 aromatic carbocycles. The van der Waals surface area contributed by atoms with Gasteiger partial charge in [0.15, 0.2) is 5.13 Å². The molecule has 7 nitrogen and oxygen atoms in total. The third-order valence-corrected chi connectivity index (χ3v) is 4.93. The SMILES string of the molecule is Cc1nn(CC(=O)Nc2nc(-c3ccc(C(C)C)cc3)cs2)c(=O)n1C. The number of benzene rings is 1. The Morgan fingerprint density at radius 2 is 1.96 bits per heavy atom. The molecule has 1 N–H and O–H groups in total. The second-order valence-electron chi connectivity index (χ2n) is 6.41. The highest BCUT2D eigenvalue weighted by Gasteiger charge is 2.13. The number of anilines is 1. The minimum atomic E-state index is -0.332. The minimum absolute atomic E-state index is 0.140. The lowest BCUT2D eigenvalue weighted by molar-refractivity contribution is -0.117. The van der Waals surface area contributed by atoms with Crippen LogP contribution in [0.1, 0.15) is 31.2 Å². The Labute approximate surface area is 155 Å². The Morgan fingerprint density at radius 3 is 2.54 bits per heavy atom. The van der Waals surface area contributed by atoms with E-state index in [-0.39, 0.29) is 18.1 Å². The van der Waals surface area contributed by atoms with Crippen LogP contribution in [0.4, 0.5) is 5.13 Å². The van der Waals surface area contributed by atoms with E-state index >= 15 is 0 Å². The van der Waals surface area contributed by atoms with Crippen molar-refractivity contribution in [2.75, 3.05) is 5.32 Å². The number of hydrogen-bond acceptors (Lipinski definition) is 5. The number of hydrogen-bond donors (Lipinski definition) is 1. The van der Waals surface area contributed by atoms with Crippen LogP contribution in [-0.4, -0.2) is 25.2 Å². The van der Waals surface area contributed by atoms with Gasteiger partial charge in [-0.3, -0.25) is 9.36 Å². The molecule has 0 aliphatic carbocycles. The Balaban J connectivity index is 1.68. The van der Waals surface area contributed by atoms with Crippen LogP contribution in [0.5, 0.6) is 0 Å². The van der Waals surface area contributed by atoms with Gasteiger partial charge < -0.3 is 5.32 Å². The molecule has 0 radical (unpaired) electrons. The maximum Gasteiger partial charge on any atom is 0.346 e. The van der Waals surface area contributed by atoms with Gasteiger partial charge in [0.25, 0.3) is 0 Å². The summed E-state index contributed by atoms with van der Waals surface area (Å²) < 4.78 is 2.54. The molecule has 2 heterocycles. The molecule has 0 aliphatic rings. The van der Waals surface area contributed by atoms with E-state index in [2.05, 4.69) is 41.4 Å². The summed E-state index contributed by atoms with van der Waals surface area (Å²) in [5.74, 6) is 0.707. The minimum Gasteiger partial charge on any atom is -0.300 e. The van der Waals surface area contributed by atoms with E-state index in [4.69, 9.17) is 0 Å². The number of thiazole rings is 1. The van der Waals surface area contributed by atoms with E-state index in [0.29, 0.717) is 16.9 Å². The van der Waals surface area contributed by atoms with Gasteiger partial charge in [-0.1, -0.05) is 38.1 Å². The number of nitrogens with zero attached hydrogens (tertiary/aromatic N) is 4. The number of aryl methyl sites for hydroxylation is 1. The van der Waals surface area contributed by atoms with Crippen molar-refractivity contribution in [3.05, 3.63) is 51.5 Å². The second kappa shape index (κ2) is 7.25. The zero-order valence-corrected chi connectivity index (χ0v) is 16.0. The molecule has 0 bridgehead atoms. The molecule has 0 spiro atoms. The molecule has 136 valence electrons. The van der Waals surface area contributed by atoms with Crippen LogP contribution in [0, 0.1) is 6.92 Å². The fourth-order valence-corrected chi connectivity index (χ4v) is 3.23. The van der Waals surface area contributed by atoms with Crippen LogP contribution in [-0.2, 0) is 18.4 Å². The Morgan fingerprint density at radius 1 is 1.27 bits per heavy atom.